The number of nitrogens with zero attached hydrogens (tertiary/aromatic N) is 2. The maximum atomic E-state index is 11.5. The quantitative estimate of drug-likeness (QED) is 0.858. The zero-order valence-corrected chi connectivity index (χ0v) is 15.1. The minimum absolute atomic E-state index is 0.259. The van der Waals surface area contributed by atoms with Gasteiger partial charge >= 0.3 is 0 Å². The SMILES string of the molecule is Cc1cccc(C2=CCN(c3ccc(S(C)(=O)=O)cn3)CC2)c1C. The van der Waals surface area contributed by atoms with Crippen LogP contribution in [0, 0.1) is 13.8 Å². The van der Waals surface area contributed by atoms with E-state index in [0.717, 1.165) is 25.3 Å². The van der Waals surface area contributed by atoms with Gasteiger partial charge in [0.05, 0.1) is 4.90 Å². The Morgan fingerprint density at radius 1 is 1.12 bits per heavy atom. The second-order valence-electron chi connectivity index (χ2n) is 6.30. The molecule has 2 aromatic rings. The molecular formula is C19H22N2O2S. The van der Waals surface area contributed by atoms with Gasteiger partial charge in [0.2, 0.25) is 0 Å². The highest BCUT2D eigenvalue weighted by Gasteiger charge is 2.16. The predicted octanol–water partition coefficient (Wildman–Crippen LogP) is 3.40. The summed E-state index contributed by atoms with van der Waals surface area (Å²) in [6, 6.07) is 9.84. The monoisotopic (exact) mass is 342 g/mol. The molecule has 0 atom stereocenters. The summed E-state index contributed by atoms with van der Waals surface area (Å²) in [6.45, 7) is 5.98. The lowest BCUT2D eigenvalue weighted by molar-refractivity contribution is 0.601. The maximum absolute atomic E-state index is 11.5. The second kappa shape index (κ2) is 6.40. The molecule has 0 amide bonds. The van der Waals surface area contributed by atoms with Crippen LogP contribution in [0.5, 0.6) is 0 Å². The summed E-state index contributed by atoms with van der Waals surface area (Å²) >= 11 is 0. The van der Waals surface area contributed by atoms with E-state index in [1.807, 2.05) is 0 Å². The first-order valence-corrected chi connectivity index (χ1v) is 9.92. The van der Waals surface area contributed by atoms with E-state index < -0.39 is 9.84 Å². The van der Waals surface area contributed by atoms with Crippen LogP contribution in [0.1, 0.15) is 23.1 Å². The van der Waals surface area contributed by atoms with Crippen molar-refractivity contribution >= 4 is 21.2 Å². The van der Waals surface area contributed by atoms with Crippen LogP contribution in [0.25, 0.3) is 5.57 Å². The van der Waals surface area contributed by atoms with Crippen molar-refractivity contribution < 1.29 is 8.42 Å². The molecule has 0 bridgehead atoms. The van der Waals surface area contributed by atoms with Crippen molar-refractivity contribution in [3.05, 3.63) is 59.3 Å². The highest BCUT2D eigenvalue weighted by Crippen LogP contribution is 2.28. The van der Waals surface area contributed by atoms with Gasteiger partial charge in [-0.15, -0.1) is 0 Å². The first-order valence-electron chi connectivity index (χ1n) is 8.03. The maximum Gasteiger partial charge on any atom is 0.177 e. The van der Waals surface area contributed by atoms with Crippen molar-refractivity contribution in [1.82, 2.24) is 4.98 Å². The Morgan fingerprint density at radius 3 is 2.50 bits per heavy atom. The van der Waals surface area contributed by atoms with Gasteiger partial charge in [0.15, 0.2) is 9.84 Å². The van der Waals surface area contributed by atoms with Gasteiger partial charge in [-0.2, -0.15) is 0 Å². The Labute approximate surface area is 143 Å². The number of benzene rings is 1. The van der Waals surface area contributed by atoms with E-state index in [2.05, 4.69) is 48.0 Å². The molecule has 0 saturated heterocycles. The van der Waals surface area contributed by atoms with Crippen LogP contribution in [0.2, 0.25) is 0 Å². The predicted molar refractivity (Wildman–Crippen MR) is 98.1 cm³/mol. The third kappa shape index (κ3) is 3.36. The van der Waals surface area contributed by atoms with Gasteiger partial charge in [-0.05, 0) is 54.7 Å². The van der Waals surface area contributed by atoms with Crippen LogP contribution in [0.3, 0.4) is 0 Å². The molecule has 0 fully saturated rings. The number of hydrogen-bond donors (Lipinski definition) is 0. The highest BCUT2D eigenvalue weighted by molar-refractivity contribution is 7.90. The molecule has 0 N–H and O–H groups in total. The molecular weight excluding hydrogens is 320 g/mol. The molecule has 5 heteroatoms. The molecule has 1 aromatic carbocycles. The summed E-state index contributed by atoms with van der Waals surface area (Å²) < 4.78 is 23.0. The van der Waals surface area contributed by atoms with Crippen LogP contribution >= 0.6 is 0 Å². The summed E-state index contributed by atoms with van der Waals surface area (Å²) in [5.41, 5.74) is 5.36. The van der Waals surface area contributed by atoms with E-state index in [1.165, 1.54) is 34.7 Å². The number of hydrogen-bond acceptors (Lipinski definition) is 4. The van der Waals surface area contributed by atoms with Gasteiger partial charge in [0.1, 0.15) is 5.82 Å². The highest BCUT2D eigenvalue weighted by atomic mass is 32.2. The molecule has 0 radical (unpaired) electrons. The van der Waals surface area contributed by atoms with E-state index in [1.54, 1.807) is 12.1 Å². The number of anilines is 1. The summed E-state index contributed by atoms with van der Waals surface area (Å²) in [5, 5.41) is 0. The smallest absolute Gasteiger partial charge is 0.177 e. The van der Waals surface area contributed by atoms with Crippen LogP contribution in [-0.2, 0) is 9.84 Å². The molecule has 0 saturated carbocycles. The molecule has 1 aliphatic rings. The summed E-state index contributed by atoms with van der Waals surface area (Å²) in [5.74, 6) is 0.818. The zero-order valence-electron chi connectivity index (χ0n) is 14.3. The third-order valence-corrected chi connectivity index (χ3v) is 5.73. The average molecular weight is 342 g/mol. The second-order valence-corrected chi connectivity index (χ2v) is 8.31. The number of aryl methyl sites for hydroxylation is 1. The normalized spacial score (nSPS) is 15.3. The molecule has 0 unspecified atom stereocenters. The van der Waals surface area contributed by atoms with Gasteiger partial charge in [-0.25, -0.2) is 13.4 Å². The molecule has 1 aromatic heterocycles. The Hall–Kier alpha value is -2.14. The van der Waals surface area contributed by atoms with Crippen molar-refractivity contribution in [2.75, 3.05) is 24.2 Å². The van der Waals surface area contributed by atoms with E-state index in [4.69, 9.17) is 0 Å². The standard InChI is InChI=1S/C19H22N2O2S/c1-14-5-4-6-18(15(14)2)16-9-11-21(12-10-16)19-8-7-17(13-20-19)24(3,22)23/h4-9,13H,10-12H2,1-3H3. The molecule has 2 heterocycles. The number of aromatic nitrogens is 1. The van der Waals surface area contributed by atoms with Crippen LogP contribution in [0.4, 0.5) is 5.82 Å². The summed E-state index contributed by atoms with van der Waals surface area (Å²) in [7, 11) is -3.20. The lowest BCUT2D eigenvalue weighted by atomic mass is 9.93. The van der Waals surface area contributed by atoms with Gasteiger partial charge in [0, 0.05) is 25.5 Å². The van der Waals surface area contributed by atoms with Gasteiger partial charge in [-0.3, -0.25) is 0 Å². The Kier molecular flexibility index (Phi) is 4.45. The Morgan fingerprint density at radius 2 is 1.92 bits per heavy atom. The van der Waals surface area contributed by atoms with Crippen molar-refractivity contribution in [3.63, 3.8) is 0 Å². The first kappa shape index (κ1) is 16.7. The fourth-order valence-electron chi connectivity index (χ4n) is 3.00. The van der Waals surface area contributed by atoms with Crippen molar-refractivity contribution in [3.8, 4) is 0 Å². The number of sulfone groups is 1. The molecule has 0 spiro atoms. The fourth-order valence-corrected chi connectivity index (χ4v) is 3.56. The van der Waals surface area contributed by atoms with E-state index >= 15 is 0 Å². The molecule has 0 aliphatic carbocycles. The van der Waals surface area contributed by atoms with E-state index in [-0.39, 0.29) is 4.90 Å². The molecule has 126 valence electrons. The largest absolute Gasteiger partial charge is 0.353 e. The minimum Gasteiger partial charge on any atom is -0.353 e. The average Bonchev–Trinajstić information content (AvgIpc) is 2.57. The Balaban J connectivity index is 1.79. The molecule has 3 rings (SSSR count). The van der Waals surface area contributed by atoms with Crippen molar-refractivity contribution in [1.29, 1.82) is 0 Å². The summed E-state index contributed by atoms with van der Waals surface area (Å²) in [6.07, 6.45) is 5.84. The van der Waals surface area contributed by atoms with Crippen molar-refractivity contribution in [2.45, 2.75) is 25.2 Å². The fraction of sp³-hybridized carbons (Fsp3) is 0.316. The Bertz CT molecular complexity index is 884. The van der Waals surface area contributed by atoms with Gasteiger partial charge in [-0.1, -0.05) is 24.3 Å². The molecule has 4 nitrogen and oxygen atoms in total. The lowest BCUT2D eigenvalue weighted by Crippen LogP contribution is -2.29. The van der Waals surface area contributed by atoms with Crippen LogP contribution in [0.15, 0.2) is 47.5 Å². The number of pyridine rings is 1. The zero-order chi connectivity index (χ0) is 17.3. The van der Waals surface area contributed by atoms with Crippen LogP contribution in [-0.4, -0.2) is 32.7 Å². The molecule has 1 aliphatic heterocycles. The van der Waals surface area contributed by atoms with Crippen LogP contribution < -0.4 is 4.90 Å². The van der Waals surface area contributed by atoms with Gasteiger partial charge < -0.3 is 4.90 Å². The summed E-state index contributed by atoms with van der Waals surface area (Å²) in [4.78, 5) is 6.74. The van der Waals surface area contributed by atoms with E-state index in [0.29, 0.717) is 0 Å². The number of rotatable bonds is 3. The topological polar surface area (TPSA) is 50.3 Å². The van der Waals surface area contributed by atoms with Gasteiger partial charge in [0.25, 0.3) is 0 Å². The van der Waals surface area contributed by atoms with Crippen molar-refractivity contribution in [2.24, 2.45) is 0 Å². The lowest BCUT2D eigenvalue weighted by Gasteiger charge is -2.28. The minimum atomic E-state index is -3.20. The third-order valence-electron chi connectivity index (χ3n) is 4.63. The first-order chi connectivity index (χ1) is 11.4. The molecule has 24 heavy (non-hydrogen) atoms. The van der Waals surface area contributed by atoms with E-state index in [9.17, 15) is 8.42 Å².